The molecule has 0 spiro atoms. The van der Waals surface area contributed by atoms with E-state index >= 15 is 0 Å². The van der Waals surface area contributed by atoms with Crippen molar-refractivity contribution >= 4 is 6.08 Å². The van der Waals surface area contributed by atoms with Crippen molar-refractivity contribution in [3.63, 3.8) is 0 Å². The maximum Gasteiger partial charge on any atom is 0.113 e. The Morgan fingerprint density at radius 2 is 2.00 bits per heavy atom. The zero-order valence-electron chi connectivity index (χ0n) is 8.13. The van der Waals surface area contributed by atoms with Crippen LogP contribution in [0.15, 0.2) is 36.4 Å². The summed E-state index contributed by atoms with van der Waals surface area (Å²) in [6.45, 7) is 1.96. The molecule has 1 aromatic carbocycles. The van der Waals surface area contributed by atoms with E-state index in [9.17, 15) is 5.11 Å². The molecule has 1 aromatic rings. The van der Waals surface area contributed by atoms with Crippen LogP contribution in [0.4, 0.5) is 0 Å². The molecule has 2 rings (SSSR count). The van der Waals surface area contributed by atoms with Gasteiger partial charge in [0.15, 0.2) is 0 Å². The van der Waals surface area contributed by atoms with Crippen LogP contribution in [-0.2, 0) is 4.74 Å². The molecule has 0 radical (unpaired) electrons. The van der Waals surface area contributed by atoms with Crippen LogP contribution in [0.5, 0.6) is 0 Å². The lowest BCUT2D eigenvalue weighted by molar-refractivity contribution is 0.178. The number of ether oxygens (including phenoxy) is 1. The van der Waals surface area contributed by atoms with Gasteiger partial charge in [-0.2, -0.15) is 0 Å². The molecule has 0 aliphatic carbocycles. The molecule has 14 heavy (non-hydrogen) atoms. The first kappa shape index (κ1) is 9.44. The minimum Gasteiger partial charge on any atom is -0.386 e. The highest BCUT2D eigenvalue weighted by molar-refractivity contribution is 5.49. The Morgan fingerprint density at radius 3 is 2.57 bits per heavy atom. The van der Waals surface area contributed by atoms with Gasteiger partial charge in [0.05, 0.1) is 6.10 Å². The van der Waals surface area contributed by atoms with Gasteiger partial charge in [0.2, 0.25) is 0 Å². The smallest absolute Gasteiger partial charge is 0.113 e. The van der Waals surface area contributed by atoms with Gasteiger partial charge in [-0.3, -0.25) is 0 Å². The Kier molecular flexibility index (Phi) is 2.66. The largest absolute Gasteiger partial charge is 0.386 e. The third-order valence-corrected chi connectivity index (χ3v) is 2.38. The minimum absolute atomic E-state index is 0.00466. The van der Waals surface area contributed by atoms with Crippen molar-refractivity contribution < 1.29 is 9.84 Å². The molecule has 1 fully saturated rings. The Bertz CT molecular complexity index is 318. The van der Waals surface area contributed by atoms with Crippen molar-refractivity contribution in [3.05, 3.63) is 42.0 Å². The van der Waals surface area contributed by atoms with E-state index < -0.39 is 6.10 Å². The van der Waals surface area contributed by atoms with Gasteiger partial charge in [-0.15, -0.1) is 0 Å². The Morgan fingerprint density at radius 1 is 1.36 bits per heavy atom. The second kappa shape index (κ2) is 3.95. The number of aliphatic hydroxyl groups excluding tert-OH is 1. The van der Waals surface area contributed by atoms with E-state index in [0.29, 0.717) is 0 Å². The summed E-state index contributed by atoms with van der Waals surface area (Å²) >= 11 is 0. The fourth-order valence-electron chi connectivity index (χ4n) is 1.44. The second-order valence-electron chi connectivity index (χ2n) is 3.57. The molecule has 0 aromatic heterocycles. The lowest BCUT2D eigenvalue weighted by atomic mass is 10.1. The molecular formula is C12H14O2. The lowest BCUT2D eigenvalue weighted by Gasteiger charge is -1.99. The molecule has 74 valence electrons. The van der Waals surface area contributed by atoms with Crippen molar-refractivity contribution in [1.82, 2.24) is 0 Å². The fourth-order valence-corrected chi connectivity index (χ4v) is 1.44. The predicted octanol–water partition coefficient (Wildman–Crippen LogP) is 1.85. The second-order valence-corrected chi connectivity index (χ2v) is 3.57. The average molecular weight is 190 g/mol. The van der Waals surface area contributed by atoms with E-state index in [0.717, 1.165) is 5.56 Å². The van der Waals surface area contributed by atoms with Crippen LogP contribution in [0.3, 0.4) is 0 Å². The molecular weight excluding hydrogens is 176 g/mol. The van der Waals surface area contributed by atoms with Crippen LogP contribution in [-0.4, -0.2) is 23.4 Å². The van der Waals surface area contributed by atoms with Gasteiger partial charge in [0.1, 0.15) is 12.2 Å². The van der Waals surface area contributed by atoms with Gasteiger partial charge in [0.25, 0.3) is 0 Å². The Labute approximate surface area is 83.8 Å². The zero-order chi connectivity index (χ0) is 9.97. The van der Waals surface area contributed by atoms with Gasteiger partial charge in [-0.1, -0.05) is 42.5 Å². The minimum atomic E-state index is -0.481. The van der Waals surface area contributed by atoms with Gasteiger partial charge in [-0.25, -0.2) is 0 Å². The SMILES string of the molecule is C[C@H]1O[C@@H]1[C@H](O)/C=C/c1ccccc1. The summed E-state index contributed by atoms with van der Waals surface area (Å²) in [5, 5.41) is 9.61. The summed E-state index contributed by atoms with van der Waals surface area (Å²) in [4.78, 5) is 0. The summed E-state index contributed by atoms with van der Waals surface area (Å²) in [5.41, 5.74) is 1.10. The topological polar surface area (TPSA) is 32.8 Å². The van der Waals surface area contributed by atoms with E-state index in [2.05, 4.69) is 0 Å². The summed E-state index contributed by atoms with van der Waals surface area (Å²) < 4.78 is 5.17. The molecule has 0 amide bonds. The Hall–Kier alpha value is -1.12. The first-order chi connectivity index (χ1) is 6.77. The monoisotopic (exact) mass is 190 g/mol. The highest BCUT2D eigenvalue weighted by Crippen LogP contribution is 2.25. The molecule has 0 saturated carbocycles. The molecule has 1 N–H and O–H groups in total. The molecule has 3 atom stereocenters. The first-order valence-electron chi connectivity index (χ1n) is 4.84. The van der Waals surface area contributed by atoms with Crippen LogP contribution in [0.25, 0.3) is 6.08 Å². The predicted molar refractivity (Wildman–Crippen MR) is 55.8 cm³/mol. The molecule has 1 aliphatic rings. The van der Waals surface area contributed by atoms with Crippen LogP contribution < -0.4 is 0 Å². The number of aliphatic hydroxyl groups is 1. The van der Waals surface area contributed by atoms with E-state index in [1.54, 1.807) is 6.08 Å². The maximum atomic E-state index is 9.61. The van der Waals surface area contributed by atoms with E-state index in [1.165, 1.54) is 0 Å². The number of hydrogen-bond acceptors (Lipinski definition) is 2. The third-order valence-electron chi connectivity index (χ3n) is 2.38. The molecule has 1 heterocycles. The van der Waals surface area contributed by atoms with Crippen molar-refractivity contribution in [3.8, 4) is 0 Å². The summed E-state index contributed by atoms with van der Waals surface area (Å²) in [7, 11) is 0. The summed E-state index contributed by atoms with van der Waals surface area (Å²) in [5.74, 6) is 0. The molecule has 1 aliphatic heterocycles. The van der Waals surface area contributed by atoms with Crippen molar-refractivity contribution in [1.29, 1.82) is 0 Å². The van der Waals surface area contributed by atoms with Gasteiger partial charge in [0, 0.05) is 0 Å². The molecule has 1 saturated heterocycles. The molecule has 0 bridgehead atoms. The maximum absolute atomic E-state index is 9.61. The van der Waals surface area contributed by atoms with Gasteiger partial charge in [-0.05, 0) is 12.5 Å². The van der Waals surface area contributed by atoms with Gasteiger partial charge >= 0.3 is 0 Å². The quantitative estimate of drug-likeness (QED) is 0.738. The van der Waals surface area contributed by atoms with Crippen molar-refractivity contribution in [2.24, 2.45) is 0 Å². The summed E-state index contributed by atoms with van der Waals surface area (Å²) in [6.07, 6.45) is 3.41. The Balaban J connectivity index is 1.94. The van der Waals surface area contributed by atoms with E-state index in [-0.39, 0.29) is 12.2 Å². The number of hydrogen-bond donors (Lipinski definition) is 1. The van der Waals surface area contributed by atoms with E-state index in [4.69, 9.17) is 4.74 Å². The highest BCUT2D eigenvalue weighted by atomic mass is 16.6. The molecule has 0 unspecified atom stereocenters. The molecule has 2 nitrogen and oxygen atoms in total. The first-order valence-corrected chi connectivity index (χ1v) is 4.84. The number of rotatable bonds is 3. The third kappa shape index (κ3) is 2.22. The number of epoxide rings is 1. The number of benzene rings is 1. The van der Waals surface area contributed by atoms with Crippen molar-refractivity contribution in [2.45, 2.75) is 25.2 Å². The highest BCUT2D eigenvalue weighted by Gasteiger charge is 2.39. The van der Waals surface area contributed by atoms with Crippen LogP contribution in [0.1, 0.15) is 12.5 Å². The van der Waals surface area contributed by atoms with Crippen LogP contribution >= 0.6 is 0 Å². The van der Waals surface area contributed by atoms with Crippen molar-refractivity contribution in [2.75, 3.05) is 0 Å². The fraction of sp³-hybridized carbons (Fsp3) is 0.333. The normalized spacial score (nSPS) is 27.9. The summed E-state index contributed by atoms with van der Waals surface area (Å²) in [6, 6.07) is 9.92. The standard InChI is InChI=1S/C12H14O2/c1-9-12(14-9)11(13)8-7-10-5-3-2-4-6-10/h2-9,11-13H,1H3/b8-7+/t9-,11-,12+/m1/s1. The van der Waals surface area contributed by atoms with Gasteiger partial charge < -0.3 is 9.84 Å². The van der Waals surface area contributed by atoms with Crippen LogP contribution in [0.2, 0.25) is 0 Å². The zero-order valence-corrected chi connectivity index (χ0v) is 8.13. The molecule has 2 heteroatoms. The van der Waals surface area contributed by atoms with Crippen LogP contribution in [0, 0.1) is 0 Å². The lowest BCUT2D eigenvalue weighted by Crippen LogP contribution is -2.12. The average Bonchev–Trinajstić information content (AvgIpc) is 2.94. The van der Waals surface area contributed by atoms with E-state index in [1.807, 2.05) is 43.3 Å².